The standard InChI is InChI=1S/2C24H22F4N2O4S/c2*1-34-20-12-17(11-18(20)22(31)30-23(13-29)8-9-23)35(32,33)21-7-4-15(10-19(21)24(26,27)28)14-2-5-16(25)6-3-14/h2*2-7,10,17-18,20H,8-9,11-12H2,1H3,(H,30,31)/t2*17-,18-,20-/m10/s1. The van der Waals surface area contributed by atoms with Crippen molar-refractivity contribution in [2.45, 2.75) is 107 Å². The number of methoxy groups -OCH3 is 2. The van der Waals surface area contributed by atoms with E-state index in [9.17, 15) is 72.1 Å². The second kappa shape index (κ2) is 19.3. The van der Waals surface area contributed by atoms with Gasteiger partial charge in [0, 0.05) is 14.2 Å². The second-order valence-corrected chi connectivity index (χ2v) is 22.2. The van der Waals surface area contributed by atoms with E-state index in [-0.39, 0.29) is 36.8 Å². The van der Waals surface area contributed by atoms with E-state index < -0.39 is 122 Å². The van der Waals surface area contributed by atoms with Crippen molar-refractivity contribution in [3.05, 3.63) is 108 Å². The smallest absolute Gasteiger partial charge is 0.381 e. The molecule has 0 spiro atoms. The van der Waals surface area contributed by atoms with Crippen molar-refractivity contribution < 1.29 is 71.0 Å². The molecule has 4 saturated carbocycles. The molecule has 372 valence electrons. The maximum atomic E-state index is 14.0. The van der Waals surface area contributed by atoms with E-state index in [2.05, 4.69) is 10.6 Å². The quantitative estimate of drug-likeness (QED) is 0.130. The van der Waals surface area contributed by atoms with Crippen molar-refractivity contribution in [2.24, 2.45) is 11.8 Å². The zero-order valence-electron chi connectivity index (χ0n) is 37.2. The Morgan fingerprint density at radius 3 is 1.14 bits per heavy atom. The van der Waals surface area contributed by atoms with Gasteiger partial charge in [0.25, 0.3) is 0 Å². The predicted octanol–water partition coefficient (Wildman–Crippen LogP) is 8.50. The van der Waals surface area contributed by atoms with Crippen LogP contribution in [0.4, 0.5) is 35.1 Å². The Labute approximate surface area is 397 Å². The van der Waals surface area contributed by atoms with Crippen LogP contribution in [0.1, 0.15) is 62.5 Å². The first-order valence-electron chi connectivity index (χ1n) is 21.7. The van der Waals surface area contributed by atoms with Gasteiger partial charge < -0.3 is 20.1 Å². The highest BCUT2D eigenvalue weighted by Crippen LogP contribution is 2.45. The van der Waals surface area contributed by atoms with Crippen molar-refractivity contribution >= 4 is 31.5 Å². The number of nitrogens with one attached hydrogen (secondary N) is 2. The number of carbonyl (C=O) groups is 2. The number of hydrogen-bond donors (Lipinski definition) is 2. The largest absolute Gasteiger partial charge is 0.417 e. The molecule has 2 amide bonds. The number of ether oxygens (including phenoxy) is 2. The van der Waals surface area contributed by atoms with Gasteiger partial charge in [-0.3, -0.25) is 9.59 Å². The Morgan fingerprint density at radius 2 is 0.871 bits per heavy atom. The van der Waals surface area contributed by atoms with Crippen LogP contribution in [-0.4, -0.2) is 76.7 Å². The summed E-state index contributed by atoms with van der Waals surface area (Å²) in [5, 5.41) is 21.1. The molecule has 70 heavy (non-hydrogen) atoms. The summed E-state index contributed by atoms with van der Waals surface area (Å²) in [6.07, 6.45) is -10.4. The van der Waals surface area contributed by atoms with Crippen molar-refractivity contribution in [1.82, 2.24) is 10.6 Å². The van der Waals surface area contributed by atoms with E-state index in [1.54, 1.807) is 0 Å². The topological polar surface area (TPSA) is 193 Å². The number of hydrogen-bond acceptors (Lipinski definition) is 10. The number of nitriles is 2. The molecule has 4 aliphatic rings. The van der Waals surface area contributed by atoms with E-state index >= 15 is 0 Å². The van der Waals surface area contributed by atoms with Crippen LogP contribution in [0, 0.1) is 46.1 Å². The van der Waals surface area contributed by atoms with Gasteiger partial charge in [-0.05, 0) is 122 Å². The van der Waals surface area contributed by atoms with Gasteiger partial charge in [0.1, 0.15) is 22.7 Å². The van der Waals surface area contributed by atoms with Gasteiger partial charge in [0.15, 0.2) is 19.7 Å². The molecule has 0 bridgehead atoms. The maximum Gasteiger partial charge on any atom is 0.417 e. The second-order valence-electron chi connectivity index (χ2n) is 17.8. The average molecular weight is 1020 g/mol. The first-order valence-corrected chi connectivity index (χ1v) is 24.8. The lowest BCUT2D eigenvalue weighted by Gasteiger charge is -2.19. The van der Waals surface area contributed by atoms with Crippen LogP contribution in [-0.2, 0) is 51.1 Å². The minimum atomic E-state index is -4.97. The van der Waals surface area contributed by atoms with Crippen LogP contribution < -0.4 is 10.6 Å². The molecule has 2 N–H and O–H groups in total. The normalized spacial score (nSPS) is 23.5. The molecule has 0 radical (unpaired) electrons. The Kier molecular flexibility index (Phi) is 14.3. The number of amides is 2. The molecule has 4 aliphatic carbocycles. The zero-order valence-corrected chi connectivity index (χ0v) is 38.8. The Balaban J connectivity index is 0.000000206. The summed E-state index contributed by atoms with van der Waals surface area (Å²) < 4.78 is 174. The molecular weight excluding hydrogens is 977 g/mol. The van der Waals surface area contributed by atoms with E-state index in [1.165, 1.54) is 50.6 Å². The third-order valence-corrected chi connectivity index (χ3v) is 17.7. The molecule has 4 fully saturated rings. The summed E-state index contributed by atoms with van der Waals surface area (Å²) in [6.45, 7) is 0. The van der Waals surface area contributed by atoms with Crippen LogP contribution in [0.15, 0.2) is 94.7 Å². The summed E-state index contributed by atoms with van der Waals surface area (Å²) in [4.78, 5) is 23.7. The molecule has 22 heteroatoms. The SMILES string of the molecule is CO[C@@H]1C[C@H](S(=O)(=O)c2ccc(-c3ccc(F)cc3)cc2C(F)(F)F)C[C@H]1C(=O)NC1(C#N)CC1.CO[C@H]1C[C@@H](S(=O)(=O)c2ccc(-c3ccc(F)cc3)cc2C(F)(F)F)C[C@@H]1C(=O)NC1(C#N)CC1. The Bertz CT molecular complexity index is 2770. The van der Waals surface area contributed by atoms with Crippen LogP contribution in [0.3, 0.4) is 0 Å². The van der Waals surface area contributed by atoms with Gasteiger partial charge in [-0.1, -0.05) is 36.4 Å². The third kappa shape index (κ3) is 10.8. The van der Waals surface area contributed by atoms with Gasteiger partial charge >= 0.3 is 12.4 Å². The van der Waals surface area contributed by atoms with Crippen molar-refractivity contribution in [3.63, 3.8) is 0 Å². The molecule has 12 nitrogen and oxygen atoms in total. The first-order chi connectivity index (χ1) is 32.8. The van der Waals surface area contributed by atoms with E-state index in [4.69, 9.17) is 9.47 Å². The van der Waals surface area contributed by atoms with Gasteiger partial charge in [-0.2, -0.15) is 36.9 Å². The number of benzene rings is 4. The number of nitrogens with zero attached hydrogens (tertiary/aromatic N) is 2. The summed E-state index contributed by atoms with van der Waals surface area (Å²) >= 11 is 0. The fourth-order valence-electron chi connectivity index (χ4n) is 8.93. The lowest BCUT2D eigenvalue weighted by atomic mass is 10.0. The van der Waals surface area contributed by atoms with Gasteiger partial charge in [-0.15, -0.1) is 0 Å². The first kappa shape index (κ1) is 51.9. The maximum absolute atomic E-state index is 14.0. The minimum Gasteiger partial charge on any atom is -0.381 e. The van der Waals surface area contributed by atoms with Crippen LogP contribution >= 0.6 is 0 Å². The zero-order chi connectivity index (χ0) is 51.2. The van der Waals surface area contributed by atoms with Gasteiger partial charge in [0.2, 0.25) is 11.8 Å². The minimum absolute atomic E-state index is 0.0842. The number of sulfone groups is 2. The van der Waals surface area contributed by atoms with Crippen molar-refractivity contribution in [3.8, 4) is 34.4 Å². The molecule has 0 saturated heterocycles. The van der Waals surface area contributed by atoms with Crippen molar-refractivity contribution in [2.75, 3.05) is 14.2 Å². The van der Waals surface area contributed by atoms with Crippen molar-refractivity contribution in [1.29, 1.82) is 10.5 Å². The van der Waals surface area contributed by atoms with Crippen LogP contribution in [0.25, 0.3) is 22.3 Å². The average Bonchev–Trinajstić information content (AvgIpc) is 4.17. The molecule has 0 aromatic heterocycles. The molecule has 4 aromatic rings. The molecule has 0 unspecified atom stereocenters. The number of alkyl halides is 6. The van der Waals surface area contributed by atoms with E-state index in [1.807, 2.05) is 12.1 Å². The van der Waals surface area contributed by atoms with E-state index in [0.29, 0.717) is 36.8 Å². The molecule has 0 heterocycles. The highest BCUT2D eigenvalue weighted by atomic mass is 32.2. The summed E-state index contributed by atoms with van der Waals surface area (Å²) in [5.41, 5.74) is -3.83. The van der Waals surface area contributed by atoms with Crippen LogP contribution in [0.5, 0.6) is 0 Å². The number of halogens is 8. The third-order valence-electron chi connectivity index (χ3n) is 13.3. The molecule has 0 aliphatic heterocycles. The highest BCUT2D eigenvalue weighted by Gasteiger charge is 2.53. The summed E-state index contributed by atoms with van der Waals surface area (Å²) in [5.74, 6) is -4.04. The highest BCUT2D eigenvalue weighted by molar-refractivity contribution is 7.92. The van der Waals surface area contributed by atoms with Crippen LogP contribution in [0.2, 0.25) is 0 Å². The number of rotatable bonds is 12. The van der Waals surface area contributed by atoms with Gasteiger partial charge in [0.05, 0.1) is 67.6 Å². The number of carbonyl (C=O) groups excluding carboxylic acids is 2. The Morgan fingerprint density at radius 1 is 0.557 bits per heavy atom. The molecule has 8 rings (SSSR count). The van der Waals surface area contributed by atoms with Gasteiger partial charge in [-0.25, -0.2) is 25.6 Å². The fraction of sp³-hybridized carbons (Fsp3) is 0.417. The lowest BCUT2D eigenvalue weighted by molar-refractivity contribution is -0.140. The lowest BCUT2D eigenvalue weighted by Crippen LogP contribution is -2.42. The predicted molar refractivity (Wildman–Crippen MR) is 234 cm³/mol. The monoisotopic (exact) mass is 1020 g/mol. The fourth-order valence-corrected chi connectivity index (χ4v) is 12.9. The summed E-state index contributed by atoms with van der Waals surface area (Å²) in [7, 11) is -6.41. The molecule has 4 aromatic carbocycles. The molecule has 6 atom stereocenters. The van der Waals surface area contributed by atoms with E-state index in [0.717, 1.165) is 48.5 Å². The Hall–Kier alpha value is -5.94. The molecular formula is C48H44F8N4O8S2. The summed E-state index contributed by atoms with van der Waals surface area (Å²) in [6, 6.07) is 19.4.